The van der Waals surface area contributed by atoms with Crippen LogP contribution in [0.2, 0.25) is 0 Å². The number of rotatable bonds is 3. The zero-order valence-electron chi connectivity index (χ0n) is 12.3. The molecule has 2 aliphatic heterocycles. The van der Waals surface area contributed by atoms with Crippen molar-refractivity contribution in [3.05, 3.63) is 36.2 Å². The van der Waals surface area contributed by atoms with E-state index in [4.69, 9.17) is 9.84 Å². The van der Waals surface area contributed by atoms with Crippen LogP contribution in [0.3, 0.4) is 0 Å². The molecule has 1 saturated heterocycles. The number of morpholine rings is 1. The number of carboxylic acids is 1. The molecule has 3 N–H and O–H groups in total. The summed E-state index contributed by atoms with van der Waals surface area (Å²) < 4.78 is 5.34. The Morgan fingerprint density at radius 3 is 2.52 bits per heavy atom. The third-order valence-electron chi connectivity index (χ3n) is 3.71. The SMILES string of the molecule is O=C(O)C1=NN(c2ccccc2N2CCOCC2)C=C(O)C1O. The fourth-order valence-electron chi connectivity index (χ4n) is 2.55. The summed E-state index contributed by atoms with van der Waals surface area (Å²) >= 11 is 0. The van der Waals surface area contributed by atoms with Crippen molar-refractivity contribution in [1.82, 2.24) is 0 Å². The summed E-state index contributed by atoms with van der Waals surface area (Å²) in [5, 5.41) is 33.9. The fraction of sp³-hybridized carbons (Fsp3) is 0.333. The largest absolute Gasteiger partial charge is 0.507 e. The Bertz CT molecular complexity index is 667. The molecule has 1 aromatic rings. The number of carboxylic acid groups (broad SMARTS) is 1. The van der Waals surface area contributed by atoms with Crippen molar-refractivity contribution in [3.8, 4) is 0 Å². The van der Waals surface area contributed by atoms with Crippen LogP contribution in [0.25, 0.3) is 0 Å². The van der Waals surface area contributed by atoms with Crippen molar-refractivity contribution in [2.45, 2.75) is 6.10 Å². The van der Waals surface area contributed by atoms with Crippen LogP contribution in [0.4, 0.5) is 11.4 Å². The summed E-state index contributed by atoms with van der Waals surface area (Å²) in [6.07, 6.45) is -0.407. The number of aliphatic hydroxyl groups excluding tert-OH is 2. The normalized spacial score (nSPS) is 21.7. The Kier molecular flexibility index (Phi) is 4.18. The molecule has 0 radical (unpaired) electrons. The molecule has 2 aliphatic rings. The fourth-order valence-corrected chi connectivity index (χ4v) is 2.55. The molecule has 1 aromatic carbocycles. The Morgan fingerprint density at radius 2 is 1.87 bits per heavy atom. The van der Waals surface area contributed by atoms with Gasteiger partial charge in [-0.15, -0.1) is 0 Å². The smallest absolute Gasteiger partial charge is 0.355 e. The molecule has 0 spiro atoms. The second-order valence-electron chi connectivity index (χ2n) is 5.18. The lowest BCUT2D eigenvalue weighted by atomic mass is 10.1. The number of nitrogens with zero attached hydrogens (tertiary/aromatic N) is 3. The zero-order chi connectivity index (χ0) is 16.4. The van der Waals surface area contributed by atoms with Gasteiger partial charge in [-0.05, 0) is 12.1 Å². The number of aliphatic carboxylic acids is 1. The van der Waals surface area contributed by atoms with Gasteiger partial charge in [0, 0.05) is 13.1 Å². The van der Waals surface area contributed by atoms with E-state index in [1.807, 2.05) is 12.1 Å². The third kappa shape index (κ3) is 2.99. The van der Waals surface area contributed by atoms with Crippen LogP contribution in [0.5, 0.6) is 0 Å². The average molecular weight is 319 g/mol. The standard InChI is InChI=1S/C15H17N3O5/c19-12-9-18(16-13(14(12)20)15(21)22)11-4-2-1-3-10(11)17-5-7-23-8-6-17/h1-4,9,14,19-20H,5-8H2,(H,21,22). The topological polar surface area (TPSA) is 106 Å². The van der Waals surface area contributed by atoms with Crippen molar-refractivity contribution in [2.24, 2.45) is 5.10 Å². The van der Waals surface area contributed by atoms with E-state index in [1.165, 1.54) is 11.2 Å². The van der Waals surface area contributed by atoms with Crippen molar-refractivity contribution in [3.63, 3.8) is 0 Å². The predicted molar refractivity (Wildman–Crippen MR) is 83.7 cm³/mol. The minimum atomic E-state index is -1.63. The van der Waals surface area contributed by atoms with Crippen molar-refractivity contribution < 1.29 is 24.9 Å². The molecule has 0 amide bonds. The highest BCUT2D eigenvalue weighted by Gasteiger charge is 2.30. The van der Waals surface area contributed by atoms with E-state index in [1.54, 1.807) is 12.1 Å². The van der Waals surface area contributed by atoms with Crippen LogP contribution in [-0.2, 0) is 9.53 Å². The first-order chi connectivity index (χ1) is 11.1. The van der Waals surface area contributed by atoms with Gasteiger partial charge in [0.25, 0.3) is 0 Å². The van der Waals surface area contributed by atoms with Gasteiger partial charge >= 0.3 is 5.97 Å². The lowest BCUT2D eigenvalue weighted by Crippen LogP contribution is -2.39. The molecule has 23 heavy (non-hydrogen) atoms. The Balaban J connectivity index is 1.99. The molecule has 1 fully saturated rings. The quantitative estimate of drug-likeness (QED) is 0.747. The number of carbonyl (C=O) groups is 1. The molecule has 8 heteroatoms. The van der Waals surface area contributed by atoms with E-state index >= 15 is 0 Å². The van der Waals surface area contributed by atoms with E-state index < -0.39 is 23.5 Å². The summed E-state index contributed by atoms with van der Waals surface area (Å²) in [7, 11) is 0. The van der Waals surface area contributed by atoms with Crippen LogP contribution in [0.15, 0.2) is 41.3 Å². The van der Waals surface area contributed by atoms with Gasteiger partial charge in [-0.25, -0.2) is 9.80 Å². The number of hydrazone groups is 1. The minimum Gasteiger partial charge on any atom is -0.507 e. The van der Waals surface area contributed by atoms with Gasteiger partial charge in [0.05, 0.1) is 30.8 Å². The Labute approximate surface area is 132 Å². The van der Waals surface area contributed by atoms with Gasteiger partial charge in [0.15, 0.2) is 11.8 Å². The second-order valence-corrected chi connectivity index (χ2v) is 5.18. The number of para-hydroxylation sites is 2. The molecule has 122 valence electrons. The van der Waals surface area contributed by atoms with Gasteiger partial charge in [-0.2, -0.15) is 5.10 Å². The monoisotopic (exact) mass is 319 g/mol. The van der Waals surface area contributed by atoms with Gasteiger partial charge in [-0.1, -0.05) is 12.1 Å². The van der Waals surface area contributed by atoms with E-state index in [0.29, 0.717) is 32.0 Å². The lowest BCUT2D eigenvalue weighted by Gasteiger charge is -2.33. The molecule has 1 atom stereocenters. The molecule has 1 unspecified atom stereocenters. The average Bonchev–Trinajstić information content (AvgIpc) is 2.57. The highest BCUT2D eigenvalue weighted by Crippen LogP contribution is 2.32. The molecule has 2 heterocycles. The second kappa shape index (κ2) is 6.27. The minimum absolute atomic E-state index is 0.464. The molecule has 0 bridgehead atoms. The highest BCUT2D eigenvalue weighted by atomic mass is 16.5. The maximum Gasteiger partial charge on any atom is 0.355 e. The molecular weight excluding hydrogens is 302 g/mol. The molecule has 3 rings (SSSR count). The van der Waals surface area contributed by atoms with E-state index in [2.05, 4.69) is 10.0 Å². The Morgan fingerprint density at radius 1 is 1.22 bits per heavy atom. The van der Waals surface area contributed by atoms with Gasteiger partial charge in [0.2, 0.25) is 0 Å². The maximum atomic E-state index is 11.2. The summed E-state index contributed by atoms with van der Waals surface area (Å²) in [4.78, 5) is 13.3. The number of hydrogen-bond donors (Lipinski definition) is 3. The highest BCUT2D eigenvalue weighted by molar-refractivity contribution is 6.38. The first-order valence-corrected chi connectivity index (χ1v) is 7.19. The van der Waals surface area contributed by atoms with Crippen LogP contribution in [-0.4, -0.2) is 59.4 Å². The van der Waals surface area contributed by atoms with Crippen LogP contribution in [0, 0.1) is 0 Å². The van der Waals surface area contributed by atoms with Gasteiger partial charge in [0.1, 0.15) is 5.76 Å². The number of benzene rings is 1. The summed E-state index contributed by atoms with van der Waals surface area (Å²) in [5.74, 6) is -1.85. The summed E-state index contributed by atoms with van der Waals surface area (Å²) in [6.45, 7) is 2.63. The summed E-state index contributed by atoms with van der Waals surface area (Å²) in [5.41, 5.74) is 0.943. The van der Waals surface area contributed by atoms with Crippen LogP contribution >= 0.6 is 0 Å². The first-order valence-electron chi connectivity index (χ1n) is 7.19. The molecule has 0 aromatic heterocycles. The van der Waals surface area contributed by atoms with Crippen molar-refractivity contribution >= 4 is 23.1 Å². The van der Waals surface area contributed by atoms with Crippen LogP contribution in [0.1, 0.15) is 0 Å². The number of hydrogen-bond acceptors (Lipinski definition) is 7. The van der Waals surface area contributed by atoms with Gasteiger partial charge < -0.3 is 25.0 Å². The van der Waals surface area contributed by atoms with Crippen molar-refractivity contribution in [1.29, 1.82) is 0 Å². The zero-order valence-corrected chi connectivity index (χ0v) is 12.3. The molecule has 8 nitrogen and oxygen atoms in total. The van der Waals surface area contributed by atoms with E-state index in [-0.39, 0.29) is 0 Å². The first kappa shape index (κ1) is 15.3. The van der Waals surface area contributed by atoms with Crippen LogP contribution < -0.4 is 9.91 Å². The lowest BCUT2D eigenvalue weighted by molar-refractivity contribution is -0.129. The number of aliphatic hydroxyl groups is 2. The van der Waals surface area contributed by atoms with Gasteiger partial charge in [-0.3, -0.25) is 0 Å². The molecular formula is C15H17N3O5. The van der Waals surface area contributed by atoms with E-state index in [0.717, 1.165) is 5.69 Å². The third-order valence-corrected chi connectivity index (χ3v) is 3.71. The molecule has 0 saturated carbocycles. The van der Waals surface area contributed by atoms with Crippen molar-refractivity contribution in [2.75, 3.05) is 36.2 Å². The van der Waals surface area contributed by atoms with E-state index in [9.17, 15) is 15.0 Å². The maximum absolute atomic E-state index is 11.2. The molecule has 0 aliphatic carbocycles. The number of ether oxygens (including phenoxy) is 1. The summed E-state index contributed by atoms with van der Waals surface area (Å²) in [6, 6.07) is 7.34. The number of anilines is 2. The predicted octanol–water partition coefficient (Wildman–Crippen LogP) is 0.544. The Hall–Kier alpha value is -2.58.